The lowest BCUT2D eigenvalue weighted by Gasteiger charge is -2.30. The molecule has 0 spiro atoms. The molecule has 0 saturated heterocycles. The summed E-state index contributed by atoms with van der Waals surface area (Å²) >= 11 is 4.67. The first-order chi connectivity index (χ1) is 21.0. The largest absolute Gasteiger partial charge is 0.491 e. The highest BCUT2D eigenvalue weighted by Crippen LogP contribution is 2.40. The van der Waals surface area contributed by atoms with Crippen LogP contribution in [0.3, 0.4) is 0 Å². The molecule has 0 radical (unpaired) electrons. The molecular formula is C34H54FN3O6S. The zero-order valence-electron chi connectivity index (χ0n) is 28.4. The summed E-state index contributed by atoms with van der Waals surface area (Å²) in [5.74, 6) is -0.546. The fourth-order valence-corrected chi connectivity index (χ4v) is 4.69. The number of halogens is 1. The van der Waals surface area contributed by atoms with E-state index in [9.17, 15) is 18.8 Å². The van der Waals surface area contributed by atoms with Gasteiger partial charge in [0.05, 0.1) is 19.6 Å². The molecule has 2 amide bonds. The molecule has 1 saturated carbocycles. The third-order valence-corrected chi connectivity index (χ3v) is 7.94. The van der Waals surface area contributed by atoms with Crippen molar-refractivity contribution in [1.29, 1.82) is 0 Å². The second-order valence-corrected chi connectivity index (χ2v) is 14.1. The minimum absolute atomic E-state index is 0.180. The number of rotatable bonds is 18. The monoisotopic (exact) mass is 651 g/mol. The Morgan fingerprint density at radius 2 is 1.71 bits per heavy atom. The summed E-state index contributed by atoms with van der Waals surface area (Å²) in [4.78, 5) is 37.8. The van der Waals surface area contributed by atoms with Crippen molar-refractivity contribution in [2.75, 3.05) is 33.4 Å². The van der Waals surface area contributed by atoms with Crippen LogP contribution in [0.2, 0.25) is 0 Å². The smallest absolute Gasteiger partial charge is 0.308 e. The number of unbranched alkanes of at least 4 members (excludes halogenated alkanes) is 2. The van der Waals surface area contributed by atoms with E-state index >= 15 is 0 Å². The van der Waals surface area contributed by atoms with Gasteiger partial charge in [0.2, 0.25) is 5.91 Å². The predicted molar refractivity (Wildman–Crippen MR) is 179 cm³/mol. The topological polar surface area (TPSA) is 115 Å². The molecule has 1 aliphatic carbocycles. The minimum Gasteiger partial charge on any atom is -0.491 e. The first-order valence-corrected chi connectivity index (χ1v) is 16.3. The van der Waals surface area contributed by atoms with E-state index in [1.807, 2.05) is 73.7 Å². The van der Waals surface area contributed by atoms with Crippen LogP contribution in [0, 0.1) is 5.41 Å². The van der Waals surface area contributed by atoms with Gasteiger partial charge in [0, 0.05) is 24.2 Å². The van der Waals surface area contributed by atoms with Crippen molar-refractivity contribution in [2.45, 2.75) is 111 Å². The van der Waals surface area contributed by atoms with Crippen molar-refractivity contribution in [3.05, 3.63) is 35.0 Å². The lowest BCUT2D eigenvalue weighted by molar-refractivity contribution is -0.156. The van der Waals surface area contributed by atoms with Crippen molar-refractivity contribution in [1.82, 2.24) is 16.0 Å². The van der Waals surface area contributed by atoms with Gasteiger partial charge in [-0.3, -0.25) is 14.4 Å². The molecule has 1 unspecified atom stereocenters. The zero-order chi connectivity index (χ0) is 33.8. The Kier molecular flexibility index (Phi) is 14.7. The summed E-state index contributed by atoms with van der Waals surface area (Å²) < 4.78 is 31.2. The Bertz CT molecular complexity index is 1190. The summed E-state index contributed by atoms with van der Waals surface area (Å²) in [5, 5.41) is 8.65. The summed E-state index contributed by atoms with van der Waals surface area (Å²) in [6.45, 7) is 14.4. The van der Waals surface area contributed by atoms with Crippen LogP contribution < -0.4 is 20.7 Å². The molecule has 9 nitrogen and oxygen atoms in total. The highest BCUT2D eigenvalue weighted by atomic mass is 32.1. The number of hydrogen-bond acceptors (Lipinski definition) is 8. The van der Waals surface area contributed by atoms with Gasteiger partial charge in [-0.2, -0.15) is 0 Å². The molecule has 11 heteroatoms. The van der Waals surface area contributed by atoms with E-state index in [0.29, 0.717) is 19.8 Å². The van der Waals surface area contributed by atoms with Gasteiger partial charge >= 0.3 is 5.97 Å². The Morgan fingerprint density at radius 3 is 2.31 bits per heavy atom. The van der Waals surface area contributed by atoms with Crippen LogP contribution in [0.25, 0.3) is 4.91 Å². The highest BCUT2D eigenvalue weighted by molar-refractivity contribution is 7.90. The maximum atomic E-state index is 14.2. The van der Waals surface area contributed by atoms with Crippen molar-refractivity contribution in [3.63, 3.8) is 0 Å². The fourth-order valence-electron chi connectivity index (χ4n) is 4.44. The molecule has 45 heavy (non-hydrogen) atoms. The van der Waals surface area contributed by atoms with Gasteiger partial charge in [-0.05, 0) is 82.4 Å². The highest BCUT2D eigenvalue weighted by Gasteiger charge is 2.52. The first kappa shape index (κ1) is 38.4. The zero-order valence-corrected chi connectivity index (χ0v) is 29.3. The van der Waals surface area contributed by atoms with Crippen LogP contribution in [-0.2, 0) is 30.3 Å². The fraction of sp³-hybridized carbons (Fsp3) is 0.676. The number of amides is 2. The number of hydrogen-bond donors (Lipinski definition) is 4. The molecule has 0 heterocycles. The van der Waals surface area contributed by atoms with E-state index in [4.69, 9.17) is 14.2 Å². The number of carbonyl (C=O) groups excluding carboxylic acids is 3. The van der Waals surface area contributed by atoms with Gasteiger partial charge < -0.3 is 30.2 Å². The van der Waals surface area contributed by atoms with Gasteiger partial charge in [0.1, 0.15) is 24.0 Å². The van der Waals surface area contributed by atoms with E-state index in [-0.39, 0.29) is 37.7 Å². The molecule has 0 aromatic heterocycles. The molecule has 1 aromatic rings. The Balaban J connectivity index is 1.87. The van der Waals surface area contributed by atoms with Crippen LogP contribution in [0.5, 0.6) is 5.75 Å². The van der Waals surface area contributed by atoms with Gasteiger partial charge in [-0.15, -0.1) is 12.6 Å². The molecule has 254 valence electrons. The van der Waals surface area contributed by atoms with Gasteiger partial charge in [0.25, 0.3) is 5.91 Å². The number of esters is 1. The third-order valence-electron chi connectivity index (χ3n) is 7.35. The Morgan fingerprint density at radius 1 is 1.02 bits per heavy atom. The van der Waals surface area contributed by atoms with Gasteiger partial charge in [0.15, 0.2) is 5.67 Å². The van der Waals surface area contributed by atoms with E-state index in [2.05, 4.69) is 28.6 Å². The van der Waals surface area contributed by atoms with Crippen LogP contribution >= 0.6 is 12.6 Å². The van der Waals surface area contributed by atoms with Crippen LogP contribution in [0.4, 0.5) is 4.39 Å². The van der Waals surface area contributed by atoms with Gasteiger partial charge in [-0.25, -0.2) is 4.39 Å². The molecular weight excluding hydrogens is 597 g/mol. The molecule has 1 aromatic carbocycles. The maximum absolute atomic E-state index is 14.2. The number of aryl methyl sites for hydroxylation is 1. The number of thiol groups is 1. The molecule has 0 bridgehead atoms. The average Bonchev–Trinajstić information content (AvgIpc) is 3.71. The van der Waals surface area contributed by atoms with Crippen LogP contribution in [0.1, 0.15) is 98.1 Å². The van der Waals surface area contributed by atoms with E-state index in [1.165, 1.54) is 0 Å². The van der Waals surface area contributed by atoms with Crippen molar-refractivity contribution in [2.24, 2.45) is 5.41 Å². The van der Waals surface area contributed by atoms with E-state index in [0.717, 1.165) is 53.2 Å². The Hall–Kier alpha value is -2.79. The predicted octanol–water partition coefficient (Wildman–Crippen LogP) is 5.51. The summed E-state index contributed by atoms with van der Waals surface area (Å²) in [5.41, 5.74) is 0.0236. The second kappa shape index (κ2) is 17.2. The SMILES string of the molecule is CN/C(C)=C(\S)c1ccc(CCCCCNC(=O)C(NC(=O)C2(F)CC2)C(C)(C)C)c(OCCOCCC(=O)OC(C)(C)C)c1. The quantitative estimate of drug-likeness (QED) is 0.0940. The molecule has 1 aliphatic rings. The number of alkyl halides is 1. The third kappa shape index (κ3) is 13.6. The second-order valence-electron chi connectivity index (χ2n) is 13.7. The van der Waals surface area contributed by atoms with E-state index < -0.39 is 28.6 Å². The average molecular weight is 652 g/mol. The number of ether oxygens (including phenoxy) is 3. The van der Waals surface area contributed by atoms with E-state index in [1.54, 1.807) is 0 Å². The maximum Gasteiger partial charge on any atom is 0.308 e. The van der Waals surface area contributed by atoms with Gasteiger partial charge in [-0.1, -0.05) is 39.3 Å². The minimum atomic E-state index is -1.82. The summed E-state index contributed by atoms with van der Waals surface area (Å²) in [6.07, 6.45) is 3.87. The molecule has 3 N–H and O–H groups in total. The first-order valence-electron chi connectivity index (χ1n) is 15.9. The lowest BCUT2D eigenvalue weighted by atomic mass is 9.86. The van der Waals surface area contributed by atoms with Crippen molar-refractivity contribution in [3.8, 4) is 5.75 Å². The molecule has 2 rings (SSSR count). The lowest BCUT2D eigenvalue weighted by Crippen LogP contribution is -2.55. The normalized spacial score (nSPS) is 15.4. The van der Waals surface area contributed by atoms with Crippen molar-refractivity contribution < 1.29 is 33.0 Å². The summed E-state index contributed by atoms with van der Waals surface area (Å²) in [6, 6.07) is 5.23. The molecule has 1 atom stereocenters. The Labute approximate surface area is 274 Å². The standard InChI is InChI=1S/C34H54FN3O6S/c1-23(36-8)28(45)25-14-13-24(26(22-25)43-21-20-42-19-15-27(39)44-33(5,6)7)12-10-9-11-18-37-30(40)29(32(2,3)4)38-31(41)34(35)16-17-34/h13-14,22,29,36,45H,9-12,15-21H2,1-8H3,(H,37,40)(H,38,41)/b28-23-. The summed E-state index contributed by atoms with van der Waals surface area (Å²) in [7, 11) is 1.85. The molecule has 0 aliphatic heterocycles. The number of allylic oxidation sites excluding steroid dienone is 1. The number of benzene rings is 1. The molecule has 1 fully saturated rings. The van der Waals surface area contributed by atoms with Crippen LogP contribution in [-0.4, -0.2) is 68.5 Å². The van der Waals surface area contributed by atoms with Crippen molar-refractivity contribution >= 4 is 35.3 Å². The van der Waals surface area contributed by atoms with Crippen LogP contribution in [0.15, 0.2) is 23.9 Å². The number of carbonyl (C=O) groups is 3. The number of nitrogens with one attached hydrogen (secondary N) is 3.